The van der Waals surface area contributed by atoms with Gasteiger partial charge in [0.05, 0.1) is 28.7 Å². The summed E-state index contributed by atoms with van der Waals surface area (Å²) >= 11 is 0. The molecule has 3 rings (SSSR count). The average molecular weight is 340 g/mol. The van der Waals surface area contributed by atoms with Gasteiger partial charge >= 0.3 is 0 Å². The monoisotopic (exact) mass is 340 g/mol. The van der Waals surface area contributed by atoms with Crippen LogP contribution in [-0.4, -0.2) is 24.8 Å². The van der Waals surface area contributed by atoms with E-state index in [0.717, 1.165) is 11.4 Å². The number of hydrogen-bond acceptors (Lipinski definition) is 5. The lowest BCUT2D eigenvalue weighted by molar-refractivity contribution is -0.384. The Kier molecular flexibility index (Phi) is 3.96. The second-order valence-corrected chi connectivity index (χ2v) is 5.90. The van der Waals surface area contributed by atoms with Crippen LogP contribution in [0.3, 0.4) is 0 Å². The maximum Gasteiger partial charge on any atom is 0.271 e. The highest BCUT2D eigenvalue weighted by atomic mass is 16.6. The van der Waals surface area contributed by atoms with Crippen molar-refractivity contribution < 1.29 is 9.72 Å². The Labute approximate surface area is 142 Å². The van der Waals surface area contributed by atoms with Gasteiger partial charge in [-0.1, -0.05) is 0 Å². The fraction of sp³-hybridized carbons (Fsp3) is 0.235. The number of aryl methyl sites for hydroxylation is 1. The SMILES string of the molecule is Cc1cc(C(=O)Cn2cnc3cc([N+](=O)[O-])ccc3c2=O)c(C)n1C. The molecule has 0 aliphatic heterocycles. The van der Waals surface area contributed by atoms with Gasteiger partial charge in [0, 0.05) is 36.1 Å². The molecule has 25 heavy (non-hydrogen) atoms. The molecular formula is C17H16N4O4. The van der Waals surface area contributed by atoms with Crippen LogP contribution >= 0.6 is 0 Å². The zero-order valence-corrected chi connectivity index (χ0v) is 14.0. The predicted octanol–water partition coefficient (Wildman–Crippen LogP) is 2.14. The lowest BCUT2D eigenvalue weighted by atomic mass is 10.1. The van der Waals surface area contributed by atoms with Crippen molar-refractivity contribution in [1.29, 1.82) is 0 Å². The van der Waals surface area contributed by atoms with Gasteiger partial charge in [-0.15, -0.1) is 0 Å². The van der Waals surface area contributed by atoms with Gasteiger partial charge in [0.1, 0.15) is 0 Å². The number of rotatable bonds is 4. The first-order chi connectivity index (χ1) is 11.8. The Hall–Kier alpha value is -3.29. The molecule has 0 fully saturated rings. The topological polar surface area (TPSA) is 100 Å². The third kappa shape index (κ3) is 2.82. The maximum atomic E-state index is 12.5. The maximum absolute atomic E-state index is 12.5. The summed E-state index contributed by atoms with van der Waals surface area (Å²) in [4.78, 5) is 39.4. The minimum absolute atomic E-state index is 0.136. The molecule has 2 aromatic heterocycles. The normalized spacial score (nSPS) is 11.0. The first kappa shape index (κ1) is 16.6. The fourth-order valence-corrected chi connectivity index (χ4v) is 2.75. The number of carbonyl (C=O) groups excluding carboxylic acids is 1. The van der Waals surface area contributed by atoms with Crippen molar-refractivity contribution in [2.75, 3.05) is 0 Å². The Bertz CT molecular complexity index is 1080. The molecule has 0 aliphatic carbocycles. The molecule has 0 bridgehead atoms. The second-order valence-electron chi connectivity index (χ2n) is 5.90. The van der Waals surface area contributed by atoms with Crippen molar-refractivity contribution in [2.45, 2.75) is 20.4 Å². The second kappa shape index (κ2) is 5.97. The summed E-state index contributed by atoms with van der Waals surface area (Å²) in [7, 11) is 1.87. The molecule has 8 nitrogen and oxygen atoms in total. The third-order valence-electron chi connectivity index (χ3n) is 4.41. The number of aromatic nitrogens is 3. The van der Waals surface area contributed by atoms with Crippen LogP contribution in [-0.2, 0) is 13.6 Å². The number of nitrogens with zero attached hydrogens (tertiary/aromatic N) is 4. The molecule has 0 N–H and O–H groups in total. The van der Waals surface area contributed by atoms with E-state index in [1.165, 1.54) is 29.1 Å². The molecule has 8 heteroatoms. The number of Topliss-reactive ketones (excluding diaryl/α,β-unsaturated/α-hetero) is 1. The summed E-state index contributed by atoms with van der Waals surface area (Å²) in [6.07, 6.45) is 1.25. The molecule has 0 unspecified atom stereocenters. The van der Waals surface area contributed by atoms with Crippen LogP contribution in [0.5, 0.6) is 0 Å². The molecule has 128 valence electrons. The van der Waals surface area contributed by atoms with Crippen LogP contribution in [0.2, 0.25) is 0 Å². The van der Waals surface area contributed by atoms with E-state index in [1.54, 1.807) is 6.07 Å². The van der Waals surface area contributed by atoms with E-state index in [-0.39, 0.29) is 28.9 Å². The third-order valence-corrected chi connectivity index (χ3v) is 4.41. The summed E-state index contributed by atoms with van der Waals surface area (Å²) in [6.45, 7) is 3.62. The van der Waals surface area contributed by atoms with Crippen molar-refractivity contribution in [3.8, 4) is 0 Å². The number of ketones is 1. The molecule has 0 amide bonds. The number of non-ortho nitro benzene ring substituents is 1. The van der Waals surface area contributed by atoms with Gasteiger partial charge in [-0.05, 0) is 26.0 Å². The van der Waals surface area contributed by atoms with Crippen molar-refractivity contribution in [2.24, 2.45) is 7.05 Å². The molecular weight excluding hydrogens is 324 g/mol. The number of nitro groups is 1. The highest BCUT2D eigenvalue weighted by molar-refractivity contribution is 5.97. The van der Waals surface area contributed by atoms with Crippen LogP contribution in [0, 0.1) is 24.0 Å². The van der Waals surface area contributed by atoms with E-state index in [4.69, 9.17) is 0 Å². The summed E-state index contributed by atoms with van der Waals surface area (Å²) in [5, 5.41) is 11.0. The summed E-state index contributed by atoms with van der Waals surface area (Å²) in [5.41, 5.74) is 2.05. The lowest BCUT2D eigenvalue weighted by Crippen LogP contribution is -2.25. The number of carbonyl (C=O) groups is 1. The van der Waals surface area contributed by atoms with Crippen LogP contribution in [0.4, 0.5) is 5.69 Å². The van der Waals surface area contributed by atoms with Gasteiger partial charge in [-0.3, -0.25) is 24.3 Å². The molecule has 0 radical (unpaired) electrons. The Morgan fingerprint density at radius 1 is 1.28 bits per heavy atom. The van der Waals surface area contributed by atoms with Gasteiger partial charge < -0.3 is 4.57 Å². The molecule has 0 atom stereocenters. The zero-order valence-electron chi connectivity index (χ0n) is 14.0. The Balaban J connectivity index is 1.99. The van der Waals surface area contributed by atoms with Crippen LogP contribution in [0.1, 0.15) is 21.7 Å². The molecule has 2 heterocycles. The highest BCUT2D eigenvalue weighted by Crippen LogP contribution is 2.17. The van der Waals surface area contributed by atoms with Crippen LogP contribution in [0.15, 0.2) is 35.4 Å². The summed E-state index contributed by atoms with van der Waals surface area (Å²) in [6, 6.07) is 5.65. The molecule has 0 saturated heterocycles. The number of hydrogen-bond donors (Lipinski definition) is 0. The van der Waals surface area contributed by atoms with E-state index in [1.807, 2.05) is 25.5 Å². The standard InChI is InChI=1S/C17H16N4O4/c1-10-6-14(11(2)19(10)3)16(22)8-20-9-18-15-7-12(21(24)25)4-5-13(15)17(20)23/h4-7,9H,8H2,1-3H3. The van der Waals surface area contributed by atoms with Crippen LogP contribution in [0.25, 0.3) is 10.9 Å². The van der Waals surface area contributed by atoms with Gasteiger partial charge in [0.25, 0.3) is 11.2 Å². The van der Waals surface area contributed by atoms with E-state index in [9.17, 15) is 19.7 Å². The van der Waals surface area contributed by atoms with E-state index in [2.05, 4.69) is 4.98 Å². The van der Waals surface area contributed by atoms with Gasteiger partial charge in [-0.25, -0.2) is 4.98 Å². The molecule has 3 aromatic rings. The molecule has 0 aliphatic rings. The number of nitro benzene ring substituents is 1. The van der Waals surface area contributed by atoms with E-state index >= 15 is 0 Å². The van der Waals surface area contributed by atoms with Crippen LogP contribution < -0.4 is 5.56 Å². The Morgan fingerprint density at radius 2 is 2.00 bits per heavy atom. The summed E-state index contributed by atoms with van der Waals surface area (Å²) < 4.78 is 3.13. The fourth-order valence-electron chi connectivity index (χ4n) is 2.75. The molecule has 0 spiro atoms. The van der Waals surface area contributed by atoms with Crippen molar-refractivity contribution in [3.05, 3.63) is 68.0 Å². The smallest absolute Gasteiger partial charge is 0.271 e. The first-order valence-corrected chi connectivity index (χ1v) is 7.59. The summed E-state index contributed by atoms with van der Waals surface area (Å²) in [5.74, 6) is -0.189. The molecule has 1 aromatic carbocycles. The van der Waals surface area contributed by atoms with Crippen molar-refractivity contribution >= 4 is 22.4 Å². The largest absolute Gasteiger partial charge is 0.351 e. The average Bonchev–Trinajstić information content (AvgIpc) is 2.84. The van der Waals surface area contributed by atoms with Gasteiger partial charge in [-0.2, -0.15) is 0 Å². The van der Waals surface area contributed by atoms with E-state index < -0.39 is 10.5 Å². The highest BCUT2D eigenvalue weighted by Gasteiger charge is 2.16. The van der Waals surface area contributed by atoms with Gasteiger partial charge in [0.15, 0.2) is 5.78 Å². The Morgan fingerprint density at radius 3 is 2.60 bits per heavy atom. The predicted molar refractivity (Wildman–Crippen MR) is 91.9 cm³/mol. The minimum atomic E-state index is -0.545. The van der Waals surface area contributed by atoms with Crippen molar-refractivity contribution in [1.82, 2.24) is 14.1 Å². The minimum Gasteiger partial charge on any atom is -0.351 e. The van der Waals surface area contributed by atoms with E-state index in [0.29, 0.717) is 5.56 Å². The van der Waals surface area contributed by atoms with Gasteiger partial charge in [0.2, 0.25) is 0 Å². The van der Waals surface area contributed by atoms with Crippen molar-refractivity contribution in [3.63, 3.8) is 0 Å². The number of benzene rings is 1. The first-order valence-electron chi connectivity index (χ1n) is 7.59. The lowest BCUT2D eigenvalue weighted by Gasteiger charge is -2.06. The number of fused-ring (bicyclic) bond motifs is 1. The molecule has 0 saturated carbocycles. The zero-order chi connectivity index (χ0) is 18.3. The quantitative estimate of drug-likeness (QED) is 0.411.